The van der Waals surface area contributed by atoms with Gasteiger partial charge in [0.05, 0.1) is 13.4 Å². The topological polar surface area (TPSA) is 306 Å². The molecule has 6 aromatic rings. The quantitative estimate of drug-likeness (QED) is 0.0149. The predicted octanol–water partition coefficient (Wildman–Crippen LogP) is 8.65. The van der Waals surface area contributed by atoms with Crippen molar-refractivity contribution in [2.75, 3.05) is 13.7 Å². The number of amides is 9. The lowest BCUT2D eigenvalue weighted by Crippen LogP contribution is -2.64. The van der Waals surface area contributed by atoms with E-state index in [0.717, 1.165) is 73.6 Å². The monoisotopic (exact) mass is 1440 g/mol. The summed E-state index contributed by atoms with van der Waals surface area (Å²) in [5.74, 6) is -6.31. The van der Waals surface area contributed by atoms with E-state index in [4.69, 9.17) is 9.47 Å². The molecule has 0 spiro atoms. The van der Waals surface area contributed by atoms with E-state index in [1.807, 2.05) is 140 Å². The van der Waals surface area contributed by atoms with Crippen molar-refractivity contribution in [1.82, 2.24) is 57.0 Å². The van der Waals surface area contributed by atoms with Crippen LogP contribution < -0.4 is 42.5 Å². The Labute approximate surface area is 616 Å². The van der Waals surface area contributed by atoms with E-state index >= 15 is 24.0 Å². The molecule has 1 aliphatic heterocycles. The Kier molecular flexibility index (Phi) is 28.2. The number of rotatable bonds is 31. The Hall–Kier alpha value is -10.2. The largest absolute Gasteiger partial charge is 0.467 e. The molecule has 23 heteroatoms. The van der Waals surface area contributed by atoms with Crippen molar-refractivity contribution in [3.8, 4) is 0 Å². The first-order valence-electron chi connectivity index (χ1n) is 37.1. The smallest absolute Gasteiger partial charge is 0.408 e. The number of aromatic nitrogens is 2. The van der Waals surface area contributed by atoms with Crippen LogP contribution in [0.1, 0.15) is 171 Å². The van der Waals surface area contributed by atoms with Gasteiger partial charge >= 0.3 is 12.1 Å². The van der Waals surface area contributed by atoms with Crippen LogP contribution in [0.5, 0.6) is 0 Å². The molecule has 0 unspecified atom stereocenters. The van der Waals surface area contributed by atoms with E-state index in [0.29, 0.717) is 43.4 Å². The number of benzene rings is 5. The van der Waals surface area contributed by atoms with Gasteiger partial charge in [0.15, 0.2) is 0 Å². The number of carbonyl (C=O) groups is 10. The third-order valence-electron chi connectivity index (χ3n) is 20.3. The van der Waals surface area contributed by atoms with Gasteiger partial charge in [0.2, 0.25) is 47.3 Å². The SMILES string of the molecule is COC(=O)[C@H](Cc1ccccc1)NC(=O)[C@H](CC1CCCCC1)NC(=O)[C@H]1CCCCN1C(=O)[C@@H](Cc1ccccc1)NC(=O)[C@H](CCC(=O)NC(c1ccccc1)(c1ccccc1)c1ccccc1)NC(=O)[C@@H](NC(=O)C(C)(C)NC(=O)[C@H](Cc1cncn1C)NC(=O)OC(C)(C)C)C1CCCCC1. The molecule has 3 fully saturated rings. The fraction of sp³-hybridized carbons (Fsp3) is 0.476. The lowest BCUT2D eigenvalue weighted by Gasteiger charge is -2.38. The first kappa shape index (κ1) is 78.9. The minimum absolute atomic E-state index is 0.0242. The minimum Gasteiger partial charge on any atom is -0.467 e. The number of hydrogen-bond donors (Lipinski definition) is 8. The van der Waals surface area contributed by atoms with E-state index in [1.165, 1.54) is 25.9 Å². The maximum atomic E-state index is 15.8. The van der Waals surface area contributed by atoms with Crippen LogP contribution in [0.3, 0.4) is 0 Å². The van der Waals surface area contributed by atoms with E-state index in [-0.39, 0.29) is 51.0 Å². The average Bonchev–Trinajstić information content (AvgIpc) is 1.04. The fourth-order valence-electron chi connectivity index (χ4n) is 14.6. The van der Waals surface area contributed by atoms with Gasteiger partial charge in [-0.15, -0.1) is 0 Å². The number of nitrogens with zero attached hydrogens (tertiary/aromatic N) is 3. The zero-order valence-corrected chi connectivity index (χ0v) is 61.7. The Morgan fingerprint density at radius 3 is 1.55 bits per heavy atom. The van der Waals surface area contributed by atoms with Crippen LogP contribution >= 0.6 is 0 Å². The van der Waals surface area contributed by atoms with Crippen LogP contribution in [0, 0.1) is 11.8 Å². The summed E-state index contributed by atoms with van der Waals surface area (Å²) < 4.78 is 12.4. The molecule has 2 heterocycles. The number of imidazole rings is 1. The van der Waals surface area contributed by atoms with Crippen molar-refractivity contribution in [1.29, 1.82) is 0 Å². The van der Waals surface area contributed by atoms with Gasteiger partial charge < -0.3 is 61.5 Å². The Bertz CT molecular complexity index is 3780. The van der Waals surface area contributed by atoms with Gasteiger partial charge in [-0.05, 0) is 119 Å². The molecule has 23 nitrogen and oxygen atoms in total. The van der Waals surface area contributed by atoms with E-state index in [1.54, 1.807) is 57.0 Å². The van der Waals surface area contributed by atoms with E-state index in [2.05, 4.69) is 47.5 Å². The number of carbonyl (C=O) groups excluding carboxylic acids is 10. The van der Waals surface area contributed by atoms with E-state index in [9.17, 15) is 24.0 Å². The van der Waals surface area contributed by atoms with Gasteiger partial charge in [-0.3, -0.25) is 38.4 Å². The maximum absolute atomic E-state index is 15.8. The van der Waals surface area contributed by atoms with Crippen LogP contribution in [-0.2, 0) is 84.5 Å². The Morgan fingerprint density at radius 2 is 1.02 bits per heavy atom. The van der Waals surface area contributed by atoms with E-state index < -0.39 is 124 Å². The number of hydrogen-bond acceptors (Lipinski definition) is 13. The number of ether oxygens (including phenoxy) is 2. The molecule has 5 aromatic carbocycles. The molecule has 560 valence electrons. The predicted molar refractivity (Wildman–Crippen MR) is 398 cm³/mol. The third-order valence-corrected chi connectivity index (χ3v) is 20.3. The van der Waals surface area contributed by atoms with Crippen LogP contribution in [0.2, 0.25) is 0 Å². The summed E-state index contributed by atoms with van der Waals surface area (Å²) in [5.41, 5.74) is 0.385. The Morgan fingerprint density at radius 1 is 0.514 bits per heavy atom. The average molecular weight is 1440 g/mol. The number of aryl methyl sites for hydroxylation is 1. The molecule has 2 aliphatic carbocycles. The zero-order chi connectivity index (χ0) is 75.1. The lowest BCUT2D eigenvalue weighted by molar-refractivity contribution is -0.147. The minimum atomic E-state index is -1.73. The van der Waals surface area contributed by atoms with Crippen molar-refractivity contribution in [2.24, 2.45) is 18.9 Å². The first-order valence-corrected chi connectivity index (χ1v) is 37.1. The number of likely N-dealkylation sites (tertiary alicyclic amines) is 1. The molecule has 3 aliphatic rings. The van der Waals surface area contributed by atoms with Crippen LogP contribution in [0.4, 0.5) is 4.79 Å². The van der Waals surface area contributed by atoms with Crippen molar-refractivity contribution in [2.45, 2.75) is 216 Å². The molecular formula is C82H105N11O12. The van der Waals surface area contributed by atoms with Gasteiger partial charge in [0.1, 0.15) is 59.0 Å². The fourth-order valence-corrected chi connectivity index (χ4v) is 14.6. The molecule has 2 saturated carbocycles. The number of esters is 1. The first-order chi connectivity index (χ1) is 50.4. The van der Waals surface area contributed by atoms with Crippen molar-refractivity contribution >= 4 is 59.3 Å². The maximum Gasteiger partial charge on any atom is 0.408 e. The van der Waals surface area contributed by atoms with Crippen molar-refractivity contribution < 1.29 is 57.4 Å². The second-order valence-electron chi connectivity index (χ2n) is 29.7. The van der Waals surface area contributed by atoms with Gasteiger partial charge in [-0.25, -0.2) is 14.6 Å². The van der Waals surface area contributed by atoms with Gasteiger partial charge in [-0.1, -0.05) is 203 Å². The molecule has 0 bridgehead atoms. The highest BCUT2D eigenvalue weighted by Crippen LogP contribution is 2.38. The molecule has 1 saturated heterocycles. The molecule has 0 radical (unpaired) electrons. The second kappa shape index (κ2) is 37.5. The molecule has 1 aromatic heterocycles. The van der Waals surface area contributed by atoms with Gasteiger partial charge in [-0.2, -0.15) is 0 Å². The molecule has 8 N–H and O–H groups in total. The summed E-state index contributed by atoms with van der Waals surface area (Å²) in [6, 6.07) is 38.1. The zero-order valence-electron chi connectivity index (χ0n) is 61.7. The van der Waals surface area contributed by atoms with Crippen molar-refractivity contribution in [3.63, 3.8) is 0 Å². The van der Waals surface area contributed by atoms with Crippen LogP contribution in [0.15, 0.2) is 164 Å². The summed E-state index contributed by atoms with van der Waals surface area (Å²) in [5, 5.41) is 23.7. The number of piperidine rings is 1. The summed E-state index contributed by atoms with van der Waals surface area (Å²) in [4.78, 5) is 154. The van der Waals surface area contributed by atoms with Gasteiger partial charge in [0, 0.05) is 51.2 Å². The normalized spacial score (nSPS) is 16.9. The highest BCUT2D eigenvalue weighted by atomic mass is 16.6. The molecular weight excluding hydrogens is 1330 g/mol. The lowest BCUT2D eigenvalue weighted by atomic mass is 9.77. The summed E-state index contributed by atoms with van der Waals surface area (Å²) in [7, 11) is 2.99. The highest BCUT2D eigenvalue weighted by Gasteiger charge is 2.44. The van der Waals surface area contributed by atoms with Crippen LogP contribution in [0.25, 0.3) is 0 Å². The number of methoxy groups -OCH3 is 1. The van der Waals surface area contributed by atoms with Crippen molar-refractivity contribution in [3.05, 3.63) is 198 Å². The molecule has 7 atom stereocenters. The summed E-state index contributed by atoms with van der Waals surface area (Å²) in [6.07, 6.45) is 11.3. The molecule has 9 amide bonds. The highest BCUT2D eigenvalue weighted by molar-refractivity contribution is 5.99. The van der Waals surface area contributed by atoms with Gasteiger partial charge in [0.25, 0.3) is 0 Å². The second-order valence-corrected chi connectivity index (χ2v) is 29.7. The number of nitrogens with one attached hydrogen (secondary N) is 8. The summed E-state index contributed by atoms with van der Waals surface area (Å²) >= 11 is 0. The third kappa shape index (κ3) is 22.2. The Balaban J connectivity index is 1.03. The standard InChI is InChI=1S/C82H105N11O12/c1-80(2,3)105-79(103)88-65(52-62-53-83-54-92(62)6)73(97)91-81(4,5)78(102)89-70(58-37-21-11-22-38-58)75(99)84-63(46-47-69(94)90-82(59-39-23-12-24-40-59,60-41-25-13-26-42-60)61-43-27-14-28-44-61)71(95)86-66(50-56-33-17-9-18-34-56)76(100)93-48-30-29-45-68(93)74(98)85-64(49-55-31-15-8-16-32-55)72(96)87-67(77(101)104-7)51-57-35-19-10-20-36-57/h9-10,12-14,17-20,23-28,33-36,39-44,53-55,58,63-68,70H,8,11,15-16,21-22,29-32,37-38,45-52H2,1-7H3,(H,84,99)(H,85,98)(H,86,95)(H,87,96)(H,88,103)(H,89,102)(H,90,94)(H,91,97)/t63-,64-,65-,66+,67-,68+,70-/m0/s1. The number of alkyl carbamates (subject to hydrolysis) is 1. The molecule has 105 heavy (non-hydrogen) atoms. The summed E-state index contributed by atoms with van der Waals surface area (Å²) in [6.45, 7) is 8.14. The molecule has 9 rings (SSSR count). The van der Waals surface area contributed by atoms with Crippen LogP contribution in [-0.4, -0.2) is 141 Å².